The summed E-state index contributed by atoms with van der Waals surface area (Å²) in [6, 6.07) is 8.46. The lowest BCUT2D eigenvalue weighted by Gasteiger charge is -2.33. The van der Waals surface area contributed by atoms with Gasteiger partial charge in [0.15, 0.2) is 5.17 Å². The van der Waals surface area contributed by atoms with Gasteiger partial charge in [-0.1, -0.05) is 35.0 Å². The predicted octanol–water partition coefficient (Wildman–Crippen LogP) is 3.06. The van der Waals surface area contributed by atoms with Gasteiger partial charge in [-0.3, -0.25) is 4.99 Å². The lowest BCUT2D eigenvalue weighted by molar-refractivity contribution is -0.187. The van der Waals surface area contributed by atoms with Crippen LogP contribution in [0.4, 0.5) is 0 Å². The van der Waals surface area contributed by atoms with Crippen molar-refractivity contribution < 1.29 is 14.8 Å². The molecule has 0 fully saturated rings. The zero-order chi connectivity index (χ0) is 16.5. The third kappa shape index (κ3) is 3.04. The number of hydrogen-bond acceptors (Lipinski definition) is 6. The Labute approximate surface area is 134 Å². The highest BCUT2D eigenvalue weighted by Gasteiger charge is 2.48. The quantitative estimate of drug-likeness (QED) is 0.527. The van der Waals surface area contributed by atoms with E-state index in [1.807, 2.05) is 0 Å². The standard InChI is InChI=1S/C15H18ClN3O3/c1-14(2)11(17-15(3,4)19(14)21)12(16)18-22-13(20)10-8-6-5-7-9-10/h5-9,21H,1-4H3/b18-12+. The normalized spacial score (nSPS) is 20.6. The number of aliphatic imine (C=N–C) groups is 1. The van der Waals surface area contributed by atoms with Crippen molar-refractivity contribution in [3.05, 3.63) is 35.9 Å². The van der Waals surface area contributed by atoms with Gasteiger partial charge in [0.1, 0.15) is 11.4 Å². The summed E-state index contributed by atoms with van der Waals surface area (Å²) >= 11 is 6.10. The van der Waals surface area contributed by atoms with E-state index in [2.05, 4.69) is 10.1 Å². The second kappa shape index (κ2) is 5.79. The number of benzene rings is 1. The molecule has 0 saturated carbocycles. The van der Waals surface area contributed by atoms with Crippen molar-refractivity contribution in [2.24, 2.45) is 10.1 Å². The van der Waals surface area contributed by atoms with Crippen LogP contribution in [0.2, 0.25) is 0 Å². The average molecular weight is 324 g/mol. The maximum absolute atomic E-state index is 11.8. The first-order valence-electron chi connectivity index (χ1n) is 6.76. The fraction of sp³-hybridized carbons (Fsp3) is 0.400. The molecule has 118 valence electrons. The first-order valence-corrected chi connectivity index (χ1v) is 7.14. The molecular formula is C15H18ClN3O3. The minimum Gasteiger partial charge on any atom is -0.311 e. The second-order valence-corrected chi connectivity index (χ2v) is 6.31. The lowest BCUT2D eigenvalue weighted by atomic mass is 9.99. The van der Waals surface area contributed by atoms with Crippen LogP contribution >= 0.6 is 11.6 Å². The number of hydrogen-bond donors (Lipinski definition) is 1. The Bertz CT molecular complexity index is 639. The summed E-state index contributed by atoms with van der Waals surface area (Å²) in [5.41, 5.74) is -0.962. The lowest BCUT2D eigenvalue weighted by Crippen LogP contribution is -2.51. The van der Waals surface area contributed by atoms with Crippen LogP contribution < -0.4 is 0 Å². The Morgan fingerprint density at radius 2 is 1.86 bits per heavy atom. The molecule has 0 radical (unpaired) electrons. The maximum atomic E-state index is 11.8. The minimum absolute atomic E-state index is 0.0705. The zero-order valence-electron chi connectivity index (χ0n) is 12.9. The molecule has 1 aromatic carbocycles. The second-order valence-electron chi connectivity index (χ2n) is 5.95. The summed E-state index contributed by atoms with van der Waals surface area (Å²) in [7, 11) is 0. The largest absolute Gasteiger partial charge is 0.365 e. The Balaban J connectivity index is 2.18. The topological polar surface area (TPSA) is 74.5 Å². The van der Waals surface area contributed by atoms with Gasteiger partial charge in [0.05, 0.1) is 11.1 Å². The van der Waals surface area contributed by atoms with Crippen molar-refractivity contribution in [2.75, 3.05) is 0 Å². The van der Waals surface area contributed by atoms with Crippen LogP contribution in [0, 0.1) is 0 Å². The van der Waals surface area contributed by atoms with E-state index in [4.69, 9.17) is 16.4 Å². The molecule has 1 heterocycles. The molecule has 0 bridgehead atoms. The molecule has 7 heteroatoms. The van der Waals surface area contributed by atoms with Gasteiger partial charge in [-0.2, -0.15) is 5.06 Å². The zero-order valence-corrected chi connectivity index (χ0v) is 13.6. The van der Waals surface area contributed by atoms with Gasteiger partial charge in [0.2, 0.25) is 0 Å². The van der Waals surface area contributed by atoms with Crippen molar-refractivity contribution in [2.45, 2.75) is 38.9 Å². The molecule has 6 nitrogen and oxygen atoms in total. The van der Waals surface area contributed by atoms with E-state index in [1.165, 1.54) is 0 Å². The van der Waals surface area contributed by atoms with Crippen LogP contribution in [-0.2, 0) is 4.84 Å². The number of rotatable bonds is 3. The Hall–Kier alpha value is -1.76. The van der Waals surface area contributed by atoms with Crippen LogP contribution in [0.3, 0.4) is 0 Å². The van der Waals surface area contributed by atoms with Crippen molar-refractivity contribution in [3.63, 3.8) is 0 Å². The first kappa shape index (κ1) is 16.6. The Morgan fingerprint density at radius 3 is 2.36 bits per heavy atom. The highest BCUT2D eigenvalue weighted by atomic mass is 35.5. The van der Waals surface area contributed by atoms with Gasteiger partial charge in [0, 0.05) is 0 Å². The van der Waals surface area contributed by atoms with Crippen LogP contribution in [0.1, 0.15) is 38.1 Å². The maximum Gasteiger partial charge on any atom is 0.365 e. The third-order valence-corrected chi connectivity index (χ3v) is 3.67. The van der Waals surface area contributed by atoms with Crippen LogP contribution in [0.5, 0.6) is 0 Å². The van der Waals surface area contributed by atoms with Gasteiger partial charge in [-0.25, -0.2) is 4.79 Å². The van der Waals surface area contributed by atoms with Gasteiger partial charge in [-0.15, -0.1) is 0 Å². The molecule has 1 aromatic rings. The Morgan fingerprint density at radius 1 is 1.27 bits per heavy atom. The summed E-state index contributed by atoms with van der Waals surface area (Å²) in [4.78, 5) is 21.0. The minimum atomic E-state index is -0.844. The van der Waals surface area contributed by atoms with Gasteiger partial charge in [-0.05, 0) is 39.8 Å². The number of carbonyl (C=O) groups is 1. The van der Waals surface area contributed by atoms with Crippen LogP contribution in [-0.4, -0.2) is 38.3 Å². The summed E-state index contributed by atoms with van der Waals surface area (Å²) in [5, 5.41) is 14.8. The first-order chi connectivity index (χ1) is 10.2. The predicted molar refractivity (Wildman–Crippen MR) is 84.4 cm³/mol. The number of oxime groups is 1. The summed E-state index contributed by atoms with van der Waals surface area (Å²) in [5.74, 6) is -0.615. The van der Waals surface area contributed by atoms with E-state index in [0.29, 0.717) is 11.3 Å². The summed E-state index contributed by atoms with van der Waals surface area (Å²) < 4.78 is 0. The fourth-order valence-electron chi connectivity index (χ4n) is 2.29. The van der Waals surface area contributed by atoms with Crippen LogP contribution in [0.15, 0.2) is 40.5 Å². The summed E-state index contributed by atoms with van der Waals surface area (Å²) in [6.07, 6.45) is 0. The SMILES string of the molecule is CC1(C)N=C(/C(Cl)=N\OC(=O)c2ccccc2)C(C)(C)N1O. The third-order valence-electron chi connectivity index (χ3n) is 3.43. The van der Waals surface area contributed by atoms with Crippen molar-refractivity contribution >= 4 is 28.5 Å². The summed E-state index contributed by atoms with van der Waals surface area (Å²) in [6.45, 7) is 6.97. The van der Waals surface area contributed by atoms with E-state index in [-0.39, 0.29) is 5.17 Å². The molecule has 0 saturated heterocycles. The molecule has 1 aliphatic heterocycles. The molecule has 0 aliphatic carbocycles. The van der Waals surface area contributed by atoms with E-state index in [9.17, 15) is 10.0 Å². The fourth-order valence-corrected chi connectivity index (χ4v) is 2.60. The van der Waals surface area contributed by atoms with E-state index < -0.39 is 17.2 Å². The molecule has 0 unspecified atom stereocenters. The Kier molecular flexibility index (Phi) is 4.37. The number of hydroxylamine groups is 2. The van der Waals surface area contributed by atoms with E-state index in [1.54, 1.807) is 58.0 Å². The van der Waals surface area contributed by atoms with Crippen LogP contribution in [0.25, 0.3) is 0 Å². The molecule has 22 heavy (non-hydrogen) atoms. The van der Waals surface area contributed by atoms with Crippen molar-refractivity contribution in [1.29, 1.82) is 0 Å². The molecule has 0 amide bonds. The highest BCUT2D eigenvalue weighted by molar-refractivity contribution is 6.84. The molecular weight excluding hydrogens is 306 g/mol. The number of nitrogens with zero attached hydrogens (tertiary/aromatic N) is 3. The van der Waals surface area contributed by atoms with Crippen molar-refractivity contribution in [1.82, 2.24) is 5.06 Å². The highest BCUT2D eigenvalue weighted by Crippen LogP contribution is 2.34. The molecule has 2 rings (SSSR count). The number of halogens is 1. The molecule has 0 spiro atoms. The molecule has 1 aliphatic rings. The monoisotopic (exact) mass is 323 g/mol. The number of carbonyl (C=O) groups excluding carboxylic acids is 1. The average Bonchev–Trinajstić information content (AvgIpc) is 2.65. The van der Waals surface area contributed by atoms with Gasteiger partial charge >= 0.3 is 5.97 Å². The van der Waals surface area contributed by atoms with E-state index in [0.717, 1.165) is 5.06 Å². The van der Waals surface area contributed by atoms with E-state index >= 15 is 0 Å². The van der Waals surface area contributed by atoms with Gasteiger partial charge < -0.3 is 10.0 Å². The molecule has 0 aromatic heterocycles. The van der Waals surface area contributed by atoms with Crippen molar-refractivity contribution in [3.8, 4) is 0 Å². The molecule has 0 atom stereocenters. The van der Waals surface area contributed by atoms with Gasteiger partial charge in [0.25, 0.3) is 0 Å². The smallest absolute Gasteiger partial charge is 0.311 e. The molecule has 1 N–H and O–H groups in total.